The van der Waals surface area contributed by atoms with Crippen molar-refractivity contribution in [2.24, 2.45) is 5.92 Å². The molecule has 0 radical (unpaired) electrons. The van der Waals surface area contributed by atoms with E-state index >= 15 is 0 Å². The van der Waals surface area contributed by atoms with Gasteiger partial charge < -0.3 is 16.8 Å². The predicted octanol–water partition coefficient (Wildman–Crippen LogP) is 0.248. The zero-order valence-electron chi connectivity index (χ0n) is 12.2. The Labute approximate surface area is 120 Å². The van der Waals surface area contributed by atoms with Gasteiger partial charge in [0.1, 0.15) is 5.82 Å². The molecule has 0 aliphatic carbocycles. The molecule has 1 aromatic rings. The summed E-state index contributed by atoms with van der Waals surface area (Å²) in [6.07, 6.45) is 3.59. The summed E-state index contributed by atoms with van der Waals surface area (Å²) >= 11 is 0. The number of anilines is 2. The molecule has 7 heteroatoms. The molecule has 2 rings (SSSR count). The van der Waals surface area contributed by atoms with E-state index in [0.29, 0.717) is 12.4 Å². The summed E-state index contributed by atoms with van der Waals surface area (Å²) in [4.78, 5) is 14.5. The van der Waals surface area contributed by atoms with Crippen LogP contribution >= 0.6 is 0 Å². The third-order valence-corrected chi connectivity index (χ3v) is 3.60. The fourth-order valence-corrected chi connectivity index (χ4v) is 2.71. The van der Waals surface area contributed by atoms with Crippen LogP contribution < -0.4 is 16.8 Å². The number of aromatic nitrogens is 3. The van der Waals surface area contributed by atoms with Gasteiger partial charge in [0.05, 0.1) is 6.54 Å². The smallest absolute Gasteiger partial charge is 0.225 e. The molecule has 2 heterocycles. The number of rotatable bonds is 6. The van der Waals surface area contributed by atoms with E-state index in [4.69, 9.17) is 11.5 Å². The number of piperidine rings is 1. The molecule has 1 aromatic heterocycles. The van der Waals surface area contributed by atoms with Gasteiger partial charge in [-0.15, -0.1) is 0 Å². The molecule has 1 aliphatic rings. The molecule has 0 spiro atoms. The van der Waals surface area contributed by atoms with Crippen LogP contribution in [0.2, 0.25) is 0 Å². The summed E-state index contributed by atoms with van der Waals surface area (Å²) in [5.41, 5.74) is 11.2. The zero-order chi connectivity index (χ0) is 14.4. The van der Waals surface area contributed by atoms with Gasteiger partial charge in [0.25, 0.3) is 0 Å². The lowest BCUT2D eigenvalue weighted by atomic mass is 9.97. The van der Waals surface area contributed by atoms with E-state index < -0.39 is 0 Å². The number of nitrogen functional groups attached to an aromatic ring is 2. The van der Waals surface area contributed by atoms with E-state index in [9.17, 15) is 0 Å². The number of nitrogens with one attached hydrogen (secondary N) is 1. The summed E-state index contributed by atoms with van der Waals surface area (Å²) in [6.45, 7) is 7.24. The van der Waals surface area contributed by atoms with Gasteiger partial charge >= 0.3 is 0 Å². The average molecular weight is 279 g/mol. The van der Waals surface area contributed by atoms with Crippen molar-refractivity contribution < 1.29 is 0 Å². The maximum atomic E-state index is 5.62. The minimum absolute atomic E-state index is 0.200. The van der Waals surface area contributed by atoms with Crippen LogP contribution in [0, 0.1) is 5.92 Å². The molecular weight excluding hydrogens is 254 g/mol. The topological polar surface area (TPSA) is 106 Å². The van der Waals surface area contributed by atoms with E-state index in [-0.39, 0.29) is 11.9 Å². The van der Waals surface area contributed by atoms with Crippen LogP contribution in [0.15, 0.2) is 0 Å². The van der Waals surface area contributed by atoms with E-state index in [0.717, 1.165) is 38.5 Å². The SMILES string of the molecule is CCCN(Cc1nc(N)nc(N)n1)CC1CCNCC1. The van der Waals surface area contributed by atoms with Crippen LogP contribution in [0.4, 0.5) is 11.9 Å². The Morgan fingerprint density at radius 3 is 2.40 bits per heavy atom. The van der Waals surface area contributed by atoms with Gasteiger partial charge in [0.15, 0.2) is 0 Å². The molecule has 0 amide bonds. The Bertz CT molecular complexity index is 397. The molecule has 0 atom stereocenters. The Morgan fingerprint density at radius 1 is 1.15 bits per heavy atom. The van der Waals surface area contributed by atoms with Crippen LogP contribution in [0.25, 0.3) is 0 Å². The normalized spacial score (nSPS) is 16.7. The first-order chi connectivity index (χ1) is 9.67. The van der Waals surface area contributed by atoms with Crippen molar-refractivity contribution in [3.05, 3.63) is 5.82 Å². The largest absolute Gasteiger partial charge is 0.368 e. The van der Waals surface area contributed by atoms with Crippen molar-refractivity contribution in [2.45, 2.75) is 32.7 Å². The van der Waals surface area contributed by atoms with Crippen LogP contribution in [-0.4, -0.2) is 46.0 Å². The maximum absolute atomic E-state index is 5.62. The van der Waals surface area contributed by atoms with Gasteiger partial charge in [-0.2, -0.15) is 15.0 Å². The molecule has 1 fully saturated rings. The third-order valence-electron chi connectivity index (χ3n) is 3.60. The van der Waals surface area contributed by atoms with Crippen LogP contribution in [-0.2, 0) is 6.54 Å². The minimum Gasteiger partial charge on any atom is -0.368 e. The van der Waals surface area contributed by atoms with Gasteiger partial charge in [-0.25, -0.2) is 0 Å². The highest BCUT2D eigenvalue weighted by Crippen LogP contribution is 2.15. The summed E-state index contributed by atoms with van der Waals surface area (Å²) < 4.78 is 0. The molecule has 1 saturated heterocycles. The van der Waals surface area contributed by atoms with E-state index in [1.807, 2.05) is 0 Å². The third kappa shape index (κ3) is 4.57. The molecule has 7 nitrogen and oxygen atoms in total. The number of hydrogen-bond acceptors (Lipinski definition) is 7. The molecule has 1 aliphatic heterocycles. The standard InChI is InChI=1S/C13H25N7/c1-2-7-20(8-10-3-5-16-6-4-10)9-11-17-12(14)19-13(15)18-11/h10,16H,2-9H2,1H3,(H4,14,15,17,18,19). The van der Waals surface area contributed by atoms with Gasteiger partial charge in [-0.1, -0.05) is 6.92 Å². The summed E-state index contributed by atoms with van der Waals surface area (Å²) in [6, 6.07) is 0. The Hall–Kier alpha value is -1.47. The first-order valence-corrected chi connectivity index (χ1v) is 7.36. The highest BCUT2D eigenvalue weighted by atomic mass is 15.2. The van der Waals surface area contributed by atoms with Crippen molar-refractivity contribution >= 4 is 11.9 Å². The van der Waals surface area contributed by atoms with Crippen molar-refractivity contribution in [3.63, 3.8) is 0 Å². The first kappa shape index (κ1) is 14.9. The van der Waals surface area contributed by atoms with Crippen LogP contribution in [0.3, 0.4) is 0 Å². The number of hydrogen-bond donors (Lipinski definition) is 3. The number of nitrogens with zero attached hydrogens (tertiary/aromatic N) is 4. The highest BCUT2D eigenvalue weighted by molar-refractivity contribution is 5.25. The zero-order valence-corrected chi connectivity index (χ0v) is 12.2. The summed E-state index contributed by atoms with van der Waals surface area (Å²) in [7, 11) is 0. The van der Waals surface area contributed by atoms with Crippen LogP contribution in [0.1, 0.15) is 32.0 Å². The molecular formula is C13H25N7. The Morgan fingerprint density at radius 2 is 1.80 bits per heavy atom. The molecule has 0 saturated carbocycles. The van der Waals surface area contributed by atoms with Crippen molar-refractivity contribution in [3.8, 4) is 0 Å². The van der Waals surface area contributed by atoms with Crippen molar-refractivity contribution in [1.29, 1.82) is 0 Å². The Kier molecular flexibility index (Phi) is 5.49. The van der Waals surface area contributed by atoms with Crippen molar-refractivity contribution in [1.82, 2.24) is 25.2 Å². The molecule has 0 bridgehead atoms. The minimum atomic E-state index is 0.200. The average Bonchev–Trinajstić information content (AvgIpc) is 2.39. The molecule has 0 aromatic carbocycles. The fourth-order valence-electron chi connectivity index (χ4n) is 2.71. The second-order valence-electron chi connectivity index (χ2n) is 5.40. The highest BCUT2D eigenvalue weighted by Gasteiger charge is 2.17. The lowest BCUT2D eigenvalue weighted by Crippen LogP contribution is -2.36. The molecule has 112 valence electrons. The fraction of sp³-hybridized carbons (Fsp3) is 0.769. The predicted molar refractivity (Wildman–Crippen MR) is 79.8 cm³/mol. The van der Waals surface area contributed by atoms with Gasteiger partial charge in [-0.05, 0) is 44.8 Å². The Balaban J connectivity index is 1.96. The second kappa shape index (κ2) is 7.35. The molecule has 20 heavy (non-hydrogen) atoms. The lowest BCUT2D eigenvalue weighted by molar-refractivity contribution is 0.195. The van der Waals surface area contributed by atoms with Crippen LogP contribution in [0.5, 0.6) is 0 Å². The summed E-state index contributed by atoms with van der Waals surface area (Å²) in [5, 5.41) is 3.40. The van der Waals surface area contributed by atoms with Crippen molar-refractivity contribution in [2.75, 3.05) is 37.6 Å². The van der Waals surface area contributed by atoms with Gasteiger partial charge in [0.2, 0.25) is 11.9 Å². The quantitative estimate of drug-likeness (QED) is 0.685. The first-order valence-electron chi connectivity index (χ1n) is 7.36. The van der Waals surface area contributed by atoms with Gasteiger partial charge in [0, 0.05) is 6.54 Å². The monoisotopic (exact) mass is 279 g/mol. The second-order valence-corrected chi connectivity index (χ2v) is 5.40. The van der Waals surface area contributed by atoms with Gasteiger partial charge in [-0.3, -0.25) is 4.90 Å². The lowest BCUT2D eigenvalue weighted by Gasteiger charge is -2.29. The maximum Gasteiger partial charge on any atom is 0.225 e. The van der Waals surface area contributed by atoms with E-state index in [2.05, 4.69) is 32.1 Å². The molecule has 0 unspecified atom stereocenters. The van der Waals surface area contributed by atoms with E-state index in [1.165, 1.54) is 12.8 Å². The van der Waals surface area contributed by atoms with E-state index in [1.54, 1.807) is 0 Å². The summed E-state index contributed by atoms with van der Waals surface area (Å²) in [5.74, 6) is 1.81. The number of nitrogens with two attached hydrogens (primary N) is 2. The molecule has 5 N–H and O–H groups in total.